The Hall–Kier alpha value is -3.36. The van der Waals surface area contributed by atoms with E-state index < -0.39 is 0 Å². The molecule has 4 atom stereocenters. The van der Waals surface area contributed by atoms with E-state index in [-0.39, 0.29) is 18.0 Å². The van der Waals surface area contributed by atoms with Gasteiger partial charge in [0.05, 0.1) is 23.8 Å². The van der Waals surface area contributed by atoms with E-state index in [1.807, 2.05) is 17.0 Å². The number of carbonyl (C=O) groups is 1. The summed E-state index contributed by atoms with van der Waals surface area (Å²) in [5.74, 6) is 3.53. The molecule has 1 amide bonds. The number of benzene rings is 2. The Bertz CT molecular complexity index is 1690. The van der Waals surface area contributed by atoms with Crippen molar-refractivity contribution in [1.82, 2.24) is 24.3 Å². The average Bonchev–Trinajstić information content (AvgIpc) is 3.42. The summed E-state index contributed by atoms with van der Waals surface area (Å²) in [4.78, 5) is 20.9. The van der Waals surface area contributed by atoms with Crippen molar-refractivity contribution in [3.63, 3.8) is 0 Å². The van der Waals surface area contributed by atoms with Crippen molar-refractivity contribution >= 4 is 27.8 Å². The summed E-state index contributed by atoms with van der Waals surface area (Å²) in [7, 11) is 3.75. The van der Waals surface area contributed by atoms with Crippen LogP contribution in [0.1, 0.15) is 60.9 Å². The van der Waals surface area contributed by atoms with Crippen molar-refractivity contribution in [2.45, 2.75) is 70.0 Å². The first-order valence-electron chi connectivity index (χ1n) is 16.4. The molecule has 3 N–H and O–H groups in total. The van der Waals surface area contributed by atoms with Crippen LogP contribution in [0.2, 0.25) is 0 Å². The van der Waals surface area contributed by atoms with Crippen molar-refractivity contribution < 1.29 is 9.53 Å². The van der Waals surface area contributed by atoms with Gasteiger partial charge in [-0.3, -0.25) is 4.79 Å². The van der Waals surface area contributed by atoms with Crippen molar-refractivity contribution in [2.24, 2.45) is 30.5 Å². The molecule has 4 heterocycles. The number of carbonyl (C=O) groups excluding carboxylic acids is 1. The Morgan fingerprint density at radius 3 is 2.70 bits per heavy atom. The summed E-state index contributed by atoms with van der Waals surface area (Å²) in [6, 6.07) is 13.2. The summed E-state index contributed by atoms with van der Waals surface area (Å²) in [6.07, 6.45) is 9.63. The lowest BCUT2D eigenvalue weighted by Gasteiger charge is -2.27. The zero-order valence-electron chi connectivity index (χ0n) is 25.5. The zero-order valence-corrected chi connectivity index (χ0v) is 25.5. The smallest absolute Gasteiger partial charge is 0.254 e. The summed E-state index contributed by atoms with van der Waals surface area (Å²) in [6.45, 7) is 4.07. The third-order valence-electron chi connectivity index (χ3n) is 10.9. The first-order chi connectivity index (χ1) is 21.0. The van der Waals surface area contributed by atoms with Gasteiger partial charge in [-0.15, -0.1) is 0 Å². The fraction of sp³-hybridized carbons (Fsp3) is 0.543. The quantitative estimate of drug-likeness (QED) is 0.302. The van der Waals surface area contributed by atoms with Crippen molar-refractivity contribution in [1.29, 1.82) is 0 Å². The first kappa shape index (κ1) is 27.2. The molecule has 0 spiro atoms. The number of methoxy groups -OCH3 is 1. The van der Waals surface area contributed by atoms with Gasteiger partial charge in [0.1, 0.15) is 11.3 Å². The minimum absolute atomic E-state index is 0.0377. The van der Waals surface area contributed by atoms with Crippen molar-refractivity contribution in [3.05, 3.63) is 47.5 Å². The Morgan fingerprint density at radius 1 is 1.09 bits per heavy atom. The number of nitrogens with one attached hydrogen (secondary N) is 1. The molecular weight excluding hydrogens is 536 g/mol. The maximum absolute atomic E-state index is 13.7. The van der Waals surface area contributed by atoms with Gasteiger partial charge in [0.2, 0.25) is 0 Å². The maximum atomic E-state index is 13.7. The van der Waals surface area contributed by atoms with Gasteiger partial charge in [-0.25, -0.2) is 4.98 Å². The first-order valence-corrected chi connectivity index (χ1v) is 16.4. The highest BCUT2D eigenvalue weighted by Crippen LogP contribution is 2.41. The van der Waals surface area contributed by atoms with E-state index in [0.717, 1.165) is 79.8 Å². The molecule has 2 aromatic heterocycles. The number of aryl methyl sites for hydroxylation is 2. The Morgan fingerprint density at radius 2 is 1.98 bits per heavy atom. The van der Waals surface area contributed by atoms with Crippen molar-refractivity contribution in [2.75, 3.05) is 26.7 Å². The molecule has 2 saturated heterocycles. The second kappa shape index (κ2) is 10.7. The number of piperidine rings is 2. The predicted octanol–water partition coefficient (Wildman–Crippen LogP) is 5.11. The highest BCUT2D eigenvalue weighted by molar-refractivity contribution is 6.00. The monoisotopic (exact) mass is 580 g/mol. The van der Waals surface area contributed by atoms with Crippen LogP contribution < -0.4 is 15.8 Å². The van der Waals surface area contributed by atoms with Crippen LogP contribution in [0.5, 0.6) is 5.75 Å². The molecular formula is C35H44N6O2. The molecule has 2 saturated carbocycles. The lowest BCUT2D eigenvalue weighted by Crippen LogP contribution is -2.41. The maximum Gasteiger partial charge on any atom is 0.254 e. The van der Waals surface area contributed by atoms with Gasteiger partial charge in [-0.05, 0) is 106 Å². The van der Waals surface area contributed by atoms with E-state index in [9.17, 15) is 4.79 Å². The molecule has 8 rings (SSSR count). The second-order valence-corrected chi connectivity index (χ2v) is 13.7. The number of imidazole rings is 1. The number of fused-ring (bicyclic) bond motifs is 4. The average molecular weight is 581 g/mol. The number of aromatic nitrogens is 3. The normalized spacial score (nSPS) is 25.3. The minimum Gasteiger partial charge on any atom is -0.494 e. The van der Waals surface area contributed by atoms with Crippen LogP contribution in [-0.4, -0.2) is 63.8 Å². The van der Waals surface area contributed by atoms with Crippen LogP contribution in [0, 0.1) is 17.8 Å². The van der Waals surface area contributed by atoms with E-state index in [0.29, 0.717) is 17.2 Å². The molecule has 4 aliphatic rings. The zero-order chi connectivity index (χ0) is 29.2. The van der Waals surface area contributed by atoms with Gasteiger partial charge in [-0.1, -0.05) is 18.2 Å². The number of hydrogen-bond donors (Lipinski definition) is 2. The summed E-state index contributed by atoms with van der Waals surface area (Å²) in [5, 5.41) is 4.87. The van der Waals surface area contributed by atoms with Crippen LogP contribution in [-0.2, 0) is 20.0 Å². The molecule has 43 heavy (non-hydrogen) atoms. The van der Waals surface area contributed by atoms with Crippen LogP contribution in [0.4, 0.5) is 0 Å². The minimum atomic E-state index is 0.0377. The molecule has 226 valence electrons. The summed E-state index contributed by atoms with van der Waals surface area (Å²) in [5.41, 5.74) is 12.7. The number of hydrogen-bond acceptors (Lipinski definition) is 5. The topological polar surface area (TPSA) is 90.3 Å². The lowest BCUT2D eigenvalue weighted by molar-refractivity contribution is 0.0700. The number of para-hydroxylation sites is 1. The van der Waals surface area contributed by atoms with E-state index in [1.165, 1.54) is 48.6 Å². The summed E-state index contributed by atoms with van der Waals surface area (Å²) >= 11 is 0. The van der Waals surface area contributed by atoms with E-state index in [2.05, 4.69) is 45.8 Å². The molecule has 2 aliphatic heterocycles. The second-order valence-electron chi connectivity index (χ2n) is 13.7. The number of nitrogens with zero attached hydrogens (tertiary/aromatic N) is 4. The summed E-state index contributed by atoms with van der Waals surface area (Å²) < 4.78 is 10.6. The van der Waals surface area contributed by atoms with Crippen molar-refractivity contribution in [3.8, 4) is 17.3 Å². The van der Waals surface area contributed by atoms with Gasteiger partial charge in [0.25, 0.3) is 5.91 Å². The molecule has 1 unspecified atom stereocenters. The molecule has 0 radical (unpaired) electrons. The van der Waals surface area contributed by atoms with Crippen LogP contribution in [0.3, 0.4) is 0 Å². The highest BCUT2D eigenvalue weighted by Gasteiger charge is 2.47. The molecule has 4 aromatic rings. The third-order valence-corrected chi connectivity index (χ3v) is 10.9. The largest absolute Gasteiger partial charge is 0.494 e. The molecule has 4 fully saturated rings. The fourth-order valence-corrected chi connectivity index (χ4v) is 8.33. The Kier molecular flexibility index (Phi) is 6.75. The number of likely N-dealkylation sites (tertiary alicyclic amines) is 1. The predicted molar refractivity (Wildman–Crippen MR) is 170 cm³/mol. The van der Waals surface area contributed by atoms with E-state index in [4.69, 9.17) is 15.5 Å². The highest BCUT2D eigenvalue weighted by atomic mass is 16.5. The molecule has 8 nitrogen and oxygen atoms in total. The van der Waals surface area contributed by atoms with Gasteiger partial charge in [-0.2, -0.15) is 0 Å². The number of ether oxygens (including phenoxy) is 1. The van der Waals surface area contributed by atoms with Gasteiger partial charge >= 0.3 is 0 Å². The SMILES string of the molecule is COc1cc(C(=O)N2C[C@H]3CC[C@@H]2[C@@H]3N)cc2nc(-c3cc4cccc(CCC5CCCNC5)c4n3CC3CC3)n(C)c12. The van der Waals surface area contributed by atoms with Gasteiger partial charge < -0.3 is 29.8 Å². The van der Waals surface area contributed by atoms with Crippen LogP contribution >= 0.6 is 0 Å². The van der Waals surface area contributed by atoms with Gasteiger partial charge in [0.15, 0.2) is 5.82 Å². The fourth-order valence-electron chi connectivity index (χ4n) is 8.33. The standard InChI is InChI=1S/C35H44N6O2/c1-39-33-27(15-26(17-30(33)43-2)35(42)41-20-25-12-13-28(41)31(25)36)38-34(39)29-16-24-7-3-6-23(11-10-21-5-4-14-37-18-21)32(24)40(29)19-22-8-9-22/h3,6-7,15-17,21-22,25,28,31,37H,4-5,8-14,18-20,36H2,1-2H3/t21?,25-,28-,31-/m1/s1. The van der Waals surface area contributed by atoms with Gasteiger partial charge in [0, 0.05) is 43.2 Å². The van der Waals surface area contributed by atoms with Crippen LogP contribution in [0.15, 0.2) is 36.4 Å². The number of rotatable bonds is 8. The Labute approximate surface area is 253 Å². The lowest BCUT2D eigenvalue weighted by atomic mass is 9.92. The Balaban J connectivity index is 1.19. The molecule has 2 aliphatic carbocycles. The third kappa shape index (κ3) is 4.65. The number of amides is 1. The van der Waals surface area contributed by atoms with E-state index in [1.54, 1.807) is 7.11 Å². The molecule has 8 heteroatoms. The number of nitrogens with two attached hydrogens (primary N) is 1. The van der Waals surface area contributed by atoms with E-state index >= 15 is 0 Å². The molecule has 2 bridgehead atoms. The van der Waals surface area contributed by atoms with Crippen LogP contribution in [0.25, 0.3) is 33.5 Å². The molecule has 2 aromatic carbocycles.